The number of benzene rings is 1. The topological polar surface area (TPSA) is 94.2 Å². The van der Waals surface area contributed by atoms with Crippen LogP contribution in [0.15, 0.2) is 54.0 Å². The lowest BCUT2D eigenvalue weighted by molar-refractivity contribution is -0.137. The van der Waals surface area contributed by atoms with Gasteiger partial charge in [-0.25, -0.2) is 10.8 Å². The zero-order valence-electron chi connectivity index (χ0n) is 14.7. The van der Waals surface area contributed by atoms with E-state index in [4.69, 9.17) is 17.3 Å². The Balaban J connectivity index is 1.83. The highest BCUT2D eigenvalue weighted by Crippen LogP contribution is 2.30. The summed E-state index contributed by atoms with van der Waals surface area (Å²) in [6.45, 7) is 0. The lowest BCUT2D eigenvalue weighted by Crippen LogP contribution is -2.40. The molecule has 3 rings (SSSR count). The second-order valence-corrected chi connectivity index (χ2v) is 6.67. The molecule has 1 heterocycles. The summed E-state index contributed by atoms with van der Waals surface area (Å²) in [6, 6.07) is 8.56. The number of pyridine rings is 1. The van der Waals surface area contributed by atoms with Crippen LogP contribution >= 0.6 is 0 Å². The molecule has 0 spiro atoms. The molecule has 0 amide bonds. The fourth-order valence-electron chi connectivity index (χ4n) is 3.20. The monoisotopic (exact) mass is 377 g/mol. The van der Waals surface area contributed by atoms with Crippen LogP contribution in [0.3, 0.4) is 0 Å². The standard InChI is InChI=1S/C19H22F3N5/c20-19(21,22)14-4-1-3-12(10-14)9-13-7-8-26-17(11-13)27(25)16-6-2-5-15(23)18(16)24/h1,3-4,7-8,10-11,15H,2,5-6,9,23-25H2. The summed E-state index contributed by atoms with van der Waals surface area (Å²) in [5.41, 5.74) is 14.0. The van der Waals surface area contributed by atoms with E-state index in [1.807, 2.05) is 0 Å². The van der Waals surface area contributed by atoms with Crippen molar-refractivity contribution in [3.05, 3.63) is 70.7 Å². The van der Waals surface area contributed by atoms with Crippen LogP contribution in [0.4, 0.5) is 19.0 Å². The molecule has 144 valence electrons. The highest BCUT2D eigenvalue weighted by Gasteiger charge is 2.30. The summed E-state index contributed by atoms with van der Waals surface area (Å²) >= 11 is 0. The molecule has 1 aromatic carbocycles. The van der Waals surface area contributed by atoms with Crippen LogP contribution in [0, 0.1) is 0 Å². The number of hydrogen-bond acceptors (Lipinski definition) is 5. The van der Waals surface area contributed by atoms with Crippen LogP contribution < -0.4 is 22.3 Å². The van der Waals surface area contributed by atoms with Gasteiger partial charge in [0.1, 0.15) is 5.82 Å². The van der Waals surface area contributed by atoms with Crippen molar-refractivity contribution < 1.29 is 13.2 Å². The Hall–Kier alpha value is -2.58. The SMILES string of the molecule is NC1=C(N(N)c2cc(Cc3cccc(C(F)(F)F)c3)ccn2)CCCC1N. The van der Waals surface area contributed by atoms with Gasteiger partial charge in [-0.2, -0.15) is 13.2 Å². The van der Waals surface area contributed by atoms with Crippen LogP contribution in [-0.2, 0) is 12.6 Å². The zero-order valence-corrected chi connectivity index (χ0v) is 14.7. The summed E-state index contributed by atoms with van der Waals surface area (Å²) in [7, 11) is 0. The van der Waals surface area contributed by atoms with Crippen LogP contribution in [0.2, 0.25) is 0 Å². The third-order valence-electron chi connectivity index (χ3n) is 4.67. The van der Waals surface area contributed by atoms with Gasteiger partial charge in [0.05, 0.1) is 11.3 Å². The maximum atomic E-state index is 12.9. The van der Waals surface area contributed by atoms with E-state index in [1.165, 1.54) is 11.1 Å². The largest absolute Gasteiger partial charge is 0.416 e. The fraction of sp³-hybridized carbons (Fsp3) is 0.316. The van der Waals surface area contributed by atoms with E-state index in [2.05, 4.69) is 4.98 Å². The first kappa shape index (κ1) is 19.2. The smallest absolute Gasteiger partial charge is 0.399 e. The molecule has 0 saturated heterocycles. The minimum absolute atomic E-state index is 0.229. The van der Waals surface area contributed by atoms with E-state index >= 15 is 0 Å². The van der Waals surface area contributed by atoms with Crippen LogP contribution in [0.5, 0.6) is 0 Å². The molecule has 2 aromatic rings. The van der Waals surface area contributed by atoms with Gasteiger partial charge in [0, 0.05) is 17.9 Å². The highest BCUT2D eigenvalue weighted by molar-refractivity contribution is 5.48. The number of halogens is 3. The van der Waals surface area contributed by atoms with Crippen LogP contribution in [0.1, 0.15) is 36.0 Å². The zero-order chi connectivity index (χ0) is 19.6. The molecule has 5 nitrogen and oxygen atoms in total. The minimum Gasteiger partial charge on any atom is -0.399 e. The fourth-order valence-corrected chi connectivity index (χ4v) is 3.20. The molecular weight excluding hydrogens is 355 g/mol. The van der Waals surface area contributed by atoms with E-state index in [9.17, 15) is 13.2 Å². The molecule has 0 fully saturated rings. The molecule has 1 atom stereocenters. The number of hydrogen-bond donors (Lipinski definition) is 3. The Labute approximate surface area is 155 Å². The van der Waals surface area contributed by atoms with Crippen molar-refractivity contribution in [2.75, 3.05) is 5.01 Å². The second-order valence-electron chi connectivity index (χ2n) is 6.67. The number of allylic oxidation sites excluding steroid dienone is 1. The van der Waals surface area contributed by atoms with Crippen molar-refractivity contribution in [1.82, 2.24) is 4.98 Å². The van der Waals surface area contributed by atoms with Gasteiger partial charge in [0.15, 0.2) is 0 Å². The number of rotatable bonds is 4. The van der Waals surface area contributed by atoms with Crippen molar-refractivity contribution in [2.45, 2.75) is 37.9 Å². The molecule has 0 aliphatic heterocycles. The van der Waals surface area contributed by atoms with Crippen molar-refractivity contribution in [3.8, 4) is 0 Å². The van der Waals surface area contributed by atoms with Crippen LogP contribution in [0.25, 0.3) is 0 Å². The van der Waals surface area contributed by atoms with Gasteiger partial charge in [-0.1, -0.05) is 18.2 Å². The average molecular weight is 377 g/mol. The molecule has 6 N–H and O–H groups in total. The Kier molecular flexibility index (Phi) is 5.38. The molecule has 27 heavy (non-hydrogen) atoms. The van der Waals surface area contributed by atoms with Gasteiger partial charge in [0.2, 0.25) is 0 Å². The number of nitrogens with zero attached hydrogens (tertiary/aromatic N) is 2. The molecule has 0 saturated carbocycles. The predicted octanol–water partition coefficient (Wildman–Crippen LogP) is 3.05. The van der Waals surface area contributed by atoms with Crippen LogP contribution in [-0.4, -0.2) is 11.0 Å². The van der Waals surface area contributed by atoms with Crippen molar-refractivity contribution >= 4 is 5.82 Å². The third-order valence-corrected chi connectivity index (χ3v) is 4.67. The van der Waals surface area contributed by atoms with Gasteiger partial charge in [-0.15, -0.1) is 0 Å². The maximum Gasteiger partial charge on any atom is 0.416 e. The molecule has 1 unspecified atom stereocenters. The van der Waals surface area contributed by atoms with E-state index in [0.717, 1.165) is 36.2 Å². The van der Waals surface area contributed by atoms with Crippen molar-refractivity contribution in [3.63, 3.8) is 0 Å². The number of anilines is 1. The predicted molar refractivity (Wildman–Crippen MR) is 98.2 cm³/mol. The van der Waals surface area contributed by atoms with E-state index in [-0.39, 0.29) is 6.04 Å². The van der Waals surface area contributed by atoms with Gasteiger partial charge in [-0.3, -0.25) is 5.01 Å². The molecule has 1 aliphatic carbocycles. The van der Waals surface area contributed by atoms with Crippen molar-refractivity contribution in [1.29, 1.82) is 0 Å². The summed E-state index contributed by atoms with van der Waals surface area (Å²) < 4.78 is 38.7. The second kappa shape index (κ2) is 7.58. The lowest BCUT2D eigenvalue weighted by atomic mass is 9.97. The van der Waals surface area contributed by atoms with E-state index in [1.54, 1.807) is 24.4 Å². The maximum absolute atomic E-state index is 12.9. The molecule has 0 bridgehead atoms. The summed E-state index contributed by atoms with van der Waals surface area (Å²) in [5.74, 6) is 6.67. The average Bonchev–Trinajstić information content (AvgIpc) is 2.63. The summed E-state index contributed by atoms with van der Waals surface area (Å²) in [6.07, 6.45) is -0.0488. The first-order valence-electron chi connectivity index (χ1n) is 8.65. The summed E-state index contributed by atoms with van der Waals surface area (Å²) in [4.78, 5) is 4.26. The van der Waals surface area contributed by atoms with Crippen molar-refractivity contribution in [2.24, 2.45) is 17.3 Å². The van der Waals surface area contributed by atoms with Gasteiger partial charge in [-0.05, 0) is 55.0 Å². The number of nitrogens with two attached hydrogens (primary N) is 3. The first-order valence-corrected chi connectivity index (χ1v) is 8.65. The quantitative estimate of drug-likeness (QED) is 0.562. The molecular formula is C19H22F3N5. The molecule has 8 heteroatoms. The normalized spacial score (nSPS) is 17.9. The number of aromatic nitrogens is 1. The Morgan fingerprint density at radius 1 is 1.15 bits per heavy atom. The Morgan fingerprint density at radius 3 is 2.63 bits per heavy atom. The van der Waals surface area contributed by atoms with Gasteiger partial charge >= 0.3 is 6.18 Å². The minimum atomic E-state index is -4.36. The van der Waals surface area contributed by atoms with E-state index < -0.39 is 11.7 Å². The summed E-state index contributed by atoms with van der Waals surface area (Å²) in [5, 5.41) is 1.42. The molecule has 1 aromatic heterocycles. The first-order chi connectivity index (χ1) is 12.8. The van der Waals surface area contributed by atoms with Gasteiger partial charge in [0.25, 0.3) is 0 Å². The molecule has 0 radical (unpaired) electrons. The van der Waals surface area contributed by atoms with E-state index in [0.29, 0.717) is 29.9 Å². The highest BCUT2D eigenvalue weighted by atomic mass is 19.4. The Morgan fingerprint density at radius 2 is 1.89 bits per heavy atom. The molecule has 1 aliphatic rings. The Bertz CT molecular complexity index is 847. The van der Waals surface area contributed by atoms with Gasteiger partial charge < -0.3 is 11.5 Å². The third kappa shape index (κ3) is 4.40. The lowest BCUT2D eigenvalue weighted by Gasteiger charge is -2.29. The number of alkyl halides is 3. The number of hydrazine groups is 1.